The Morgan fingerprint density at radius 2 is 1.76 bits per heavy atom. The van der Waals surface area contributed by atoms with Crippen molar-refractivity contribution in [2.75, 3.05) is 7.05 Å². The van der Waals surface area contributed by atoms with E-state index >= 15 is 0 Å². The average molecular weight is 356 g/mol. The van der Waals surface area contributed by atoms with Crippen LogP contribution in [0.3, 0.4) is 0 Å². The Hall–Kier alpha value is -2.66. The summed E-state index contributed by atoms with van der Waals surface area (Å²) in [5, 5.41) is 6.19. The van der Waals surface area contributed by atoms with Crippen LogP contribution in [0.2, 0.25) is 5.02 Å². The lowest BCUT2D eigenvalue weighted by molar-refractivity contribution is -0.129. The number of rotatable bonds is 4. The number of hydrogen-bond donors (Lipinski definition) is 0. The topological polar surface area (TPSA) is 55.2 Å². The molecule has 1 aromatic heterocycles. The number of hydrogen-bond acceptors (Lipinski definition) is 3. The molecule has 2 aromatic carbocycles. The summed E-state index contributed by atoms with van der Waals surface area (Å²) in [6, 6.07) is 14.7. The molecule has 0 saturated heterocycles. The van der Waals surface area contributed by atoms with Crippen LogP contribution in [0.1, 0.15) is 11.3 Å². The Balaban J connectivity index is 1.86. The highest BCUT2D eigenvalue weighted by molar-refractivity contribution is 6.31. The van der Waals surface area contributed by atoms with E-state index in [0.29, 0.717) is 28.0 Å². The van der Waals surface area contributed by atoms with Gasteiger partial charge in [-0.05, 0) is 17.7 Å². The Bertz CT molecular complexity index is 997. The first-order valence-corrected chi connectivity index (χ1v) is 8.27. The molecule has 128 valence electrons. The molecule has 0 aliphatic rings. The van der Waals surface area contributed by atoms with Gasteiger partial charge in [0.05, 0.1) is 17.5 Å². The van der Waals surface area contributed by atoms with Gasteiger partial charge in [-0.15, -0.1) is 0 Å². The molecule has 0 atom stereocenters. The summed E-state index contributed by atoms with van der Waals surface area (Å²) < 4.78 is 1.28. The van der Waals surface area contributed by atoms with Crippen molar-refractivity contribution < 1.29 is 4.79 Å². The van der Waals surface area contributed by atoms with Gasteiger partial charge in [0, 0.05) is 31.0 Å². The third-order valence-electron chi connectivity index (χ3n) is 4.14. The molecule has 0 radical (unpaired) electrons. The van der Waals surface area contributed by atoms with Crippen molar-refractivity contribution in [3.63, 3.8) is 0 Å². The van der Waals surface area contributed by atoms with Gasteiger partial charge in [0.15, 0.2) is 0 Å². The summed E-state index contributed by atoms with van der Waals surface area (Å²) >= 11 is 6.16. The van der Waals surface area contributed by atoms with E-state index in [9.17, 15) is 9.59 Å². The molecule has 0 saturated carbocycles. The summed E-state index contributed by atoms with van der Waals surface area (Å²) in [6.45, 7) is 0.419. The van der Waals surface area contributed by atoms with Crippen LogP contribution >= 0.6 is 11.6 Å². The predicted octanol–water partition coefficient (Wildman–Crippen LogP) is 2.79. The largest absolute Gasteiger partial charge is 0.341 e. The summed E-state index contributed by atoms with van der Waals surface area (Å²) in [6.07, 6.45) is 0.121. The van der Waals surface area contributed by atoms with E-state index in [-0.39, 0.29) is 17.9 Å². The van der Waals surface area contributed by atoms with E-state index in [1.165, 1.54) is 4.68 Å². The van der Waals surface area contributed by atoms with Gasteiger partial charge in [-0.1, -0.05) is 48.0 Å². The molecule has 6 heteroatoms. The number of benzene rings is 2. The van der Waals surface area contributed by atoms with Gasteiger partial charge in [-0.2, -0.15) is 5.10 Å². The van der Waals surface area contributed by atoms with Crippen molar-refractivity contribution in [3.8, 4) is 0 Å². The first kappa shape index (κ1) is 17.2. The van der Waals surface area contributed by atoms with Crippen LogP contribution in [-0.2, 0) is 24.8 Å². The molecule has 0 unspecified atom stereocenters. The summed E-state index contributed by atoms with van der Waals surface area (Å²) in [5.74, 6) is -0.0868. The van der Waals surface area contributed by atoms with Gasteiger partial charge in [0.2, 0.25) is 5.91 Å². The van der Waals surface area contributed by atoms with Gasteiger partial charge in [0.25, 0.3) is 5.56 Å². The molecule has 3 rings (SSSR count). The molecule has 0 spiro atoms. The number of carbonyl (C=O) groups excluding carboxylic acids is 1. The highest BCUT2D eigenvalue weighted by Gasteiger charge is 2.16. The smallest absolute Gasteiger partial charge is 0.274 e. The van der Waals surface area contributed by atoms with Crippen LogP contribution in [0, 0.1) is 0 Å². The molecular weight excluding hydrogens is 338 g/mol. The molecule has 0 aliphatic carbocycles. The molecule has 1 amide bonds. The minimum Gasteiger partial charge on any atom is -0.341 e. The lowest BCUT2D eigenvalue weighted by Crippen LogP contribution is -2.29. The molecular formula is C19H18ClN3O2. The molecule has 5 nitrogen and oxygen atoms in total. The SMILES string of the molecule is CN(Cc1ccccc1Cl)C(=O)Cc1nn(C)c(=O)c2ccccc12. The lowest BCUT2D eigenvalue weighted by atomic mass is 10.1. The molecule has 3 aromatic rings. The number of amides is 1. The number of nitrogens with zero attached hydrogens (tertiary/aromatic N) is 3. The first-order valence-electron chi connectivity index (χ1n) is 7.89. The number of aryl methyl sites for hydroxylation is 1. The Morgan fingerprint density at radius 1 is 1.12 bits per heavy atom. The molecule has 0 aliphatic heterocycles. The van der Waals surface area contributed by atoms with Gasteiger partial charge in [-0.25, -0.2) is 4.68 Å². The fourth-order valence-corrected chi connectivity index (χ4v) is 2.95. The number of fused-ring (bicyclic) bond motifs is 1. The molecule has 1 heterocycles. The molecule has 0 bridgehead atoms. The summed E-state index contributed by atoms with van der Waals surface area (Å²) in [4.78, 5) is 26.4. The standard InChI is InChI=1S/C19H18ClN3O2/c1-22(12-13-7-3-6-10-16(13)20)18(24)11-17-14-8-4-5-9-15(14)19(25)23(2)21-17/h3-10H,11-12H2,1-2H3. The van der Waals surface area contributed by atoms with E-state index < -0.39 is 0 Å². The molecule has 25 heavy (non-hydrogen) atoms. The van der Waals surface area contributed by atoms with Crippen LogP contribution in [0.25, 0.3) is 10.8 Å². The normalized spacial score (nSPS) is 10.8. The van der Waals surface area contributed by atoms with Crippen molar-refractivity contribution in [1.82, 2.24) is 14.7 Å². The van der Waals surface area contributed by atoms with Crippen molar-refractivity contribution in [1.29, 1.82) is 0 Å². The number of carbonyl (C=O) groups is 1. The number of halogens is 1. The zero-order valence-corrected chi connectivity index (χ0v) is 14.8. The fourth-order valence-electron chi connectivity index (χ4n) is 2.76. The Kier molecular flexibility index (Phi) is 4.86. The van der Waals surface area contributed by atoms with Gasteiger partial charge in [-0.3, -0.25) is 9.59 Å². The van der Waals surface area contributed by atoms with Crippen LogP contribution < -0.4 is 5.56 Å². The average Bonchev–Trinajstić information content (AvgIpc) is 2.61. The third-order valence-corrected chi connectivity index (χ3v) is 4.51. The van der Waals surface area contributed by atoms with Crippen LogP contribution in [0.4, 0.5) is 0 Å². The quantitative estimate of drug-likeness (QED) is 0.723. The molecule has 0 fully saturated rings. The second kappa shape index (κ2) is 7.07. The van der Waals surface area contributed by atoms with Gasteiger partial charge in [0.1, 0.15) is 0 Å². The van der Waals surface area contributed by atoms with E-state index in [2.05, 4.69) is 5.10 Å². The van der Waals surface area contributed by atoms with Crippen molar-refractivity contribution in [3.05, 3.63) is 75.2 Å². The summed E-state index contributed by atoms with van der Waals surface area (Å²) in [7, 11) is 3.33. The van der Waals surface area contributed by atoms with Crippen LogP contribution in [-0.4, -0.2) is 27.6 Å². The second-order valence-electron chi connectivity index (χ2n) is 5.94. The minimum atomic E-state index is -0.170. The van der Waals surface area contributed by atoms with Gasteiger partial charge < -0.3 is 4.90 Å². The highest BCUT2D eigenvalue weighted by atomic mass is 35.5. The Morgan fingerprint density at radius 3 is 2.48 bits per heavy atom. The van der Waals surface area contributed by atoms with Crippen molar-refractivity contribution in [2.45, 2.75) is 13.0 Å². The van der Waals surface area contributed by atoms with Crippen molar-refractivity contribution >= 4 is 28.3 Å². The summed E-state index contributed by atoms with van der Waals surface area (Å²) in [5.41, 5.74) is 1.31. The van der Waals surface area contributed by atoms with Crippen LogP contribution in [0.15, 0.2) is 53.3 Å². The van der Waals surface area contributed by atoms with E-state index in [0.717, 1.165) is 5.56 Å². The molecule has 0 N–H and O–H groups in total. The highest BCUT2D eigenvalue weighted by Crippen LogP contribution is 2.18. The van der Waals surface area contributed by atoms with E-state index in [1.54, 1.807) is 37.2 Å². The maximum atomic E-state index is 12.6. The zero-order chi connectivity index (χ0) is 18.0. The third kappa shape index (κ3) is 3.56. The van der Waals surface area contributed by atoms with Crippen LogP contribution in [0.5, 0.6) is 0 Å². The van der Waals surface area contributed by atoms with E-state index in [4.69, 9.17) is 11.6 Å². The Labute approximate surface area is 150 Å². The minimum absolute atomic E-state index is 0.0868. The van der Waals surface area contributed by atoms with Gasteiger partial charge >= 0.3 is 0 Å². The lowest BCUT2D eigenvalue weighted by Gasteiger charge is -2.18. The second-order valence-corrected chi connectivity index (χ2v) is 6.35. The first-order chi connectivity index (χ1) is 12.0. The maximum Gasteiger partial charge on any atom is 0.274 e. The number of aromatic nitrogens is 2. The maximum absolute atomic E-state index is 12.6. The fraction of sp³-hybridized carbons (Fsp3) is 0.211. The predicted molar refractivity (Wildman–Crippen MR) is 98.6 cm³/mol. The van der Waals surface area contributed by atoms with Crippen molar-refractivity contribution in [2.24, 2.45) is 7.05 Å². The monoisotopic (exact) mass is 355 g/mol. The number of likely N-dealkylation sites (N-methyl/N-ethyl adjacent to an activating group) is 1. The van der Waals surface area contributed by atoms with E-state index in [1.807, 2.05) is 30.3 Å². The zero-order valence-electron chi connectivity index (χ0n) is 14.1.